The monoisotopic (exact) mass is 212 g/mol. The molecule has 1 N–H and O–H groups in total. The lowest BCUT2D eigenvalue weighted by Gasteiger charge is -2.09. The van der Waals surface area contributed by atoms with Crippen LogP contribution < -0.4 is 0 Å². The molecule has 0 aliphatic carbocycles. The summed E-state index contributed by atoms with van der Waals surface area (Å²) in [6, 6.07) is 11.9. The minimum Gasteiger partial charge on any atom is -0.508 e. The molecular weight excluding hydrogens is 196 g/mol. The van der Waals surface area contributed by atoms with E-state index in [2.05, 4.69) is 25.1 Å². The molecule has 2 aromatic rings. The van der Waals surface area contributed by atoms with Crippen LogP contribution in [0.15, 0.2) is 48.0 Å². The number of allylic oxidation sites excluding steroid dienone is 2. The molecule has 16 heavy (non-hydrogen) atoms. The number of hydrogen-bond acceptors (Lipinski definition) is 1. The van der Waals surface area contributed by atoms with E-state index < -0.39 is 0 Å². The predicted molar refractivity (Wildman–Crippen MR) is 68.7 cm³/mol. The van der Waals surface area contributed by atoms with Gasteiger partial charge in [-0.2, -0.15) is 0 Å². The summed E-state index contributed by atoms with van der Waals surface area (Å²) in [6.07, 6.45) is 2.89. The van der Waals surface area contributed by atoms with Crippen LogP contribution in [0.25, 0.3) is 10.8 Å². The molecule has 0 amide bonds. The van der Waals surface area contributed by atoms with Gasteiger partial charge in [0.1, 0.15) is 5.75 Å². The van der Waals surface area contributed by atoms with E-state index in [1.165, 1.54) is 11.0 Å². The number of rotatable bonds is 2. The third-order valence-corrected chi connectivity index (χ3v) is 2.96. The van der Waals surface area contributed by atoms with Gasteiger partial charge in [0, 0.05) is 5.56 Å². The lowest BCUT2D eigenvalue weighted by Crippen LogP contribution is -1.90. The second-order valence-electron chi connectivity index (χ2n) is 4.10. The number of fused-ring (bicyclic) bond motifs is 1. The van der Waals surface area contributed by atoms with E-state index in [1.54, 1.807) is 6.07 Å². The van der Waals surface area contributed by atoms with Gasteiger partial charge >= 0.3 is 0 Å². The van der Waals surface area contributed by atoms with Crippen molar-refractivity contribution in [2.24, 2.45) is 0 Å². The van der Waals surface area contributed by atoms with Crippen LogP contribution in [0.4, 0.5) is 0 Å². The lowest BCUT2D eigenvalue weighted by molar-refractivity contribution is 0.470. The maximum Gasteiger partial charge on any atom is 0.119 e. The Bertz CT molecular complexity index is 538. The first-order valence-corrected chi connectivity index (χ1v) is 5.53. The van der Waals surface area contributed by atoms with E-state index in [0.29, 0.717) is 5.75 Å². The number of aromatic hydroxyl groups is 1. The molecule has 0 bridgehead atoms. The maximum atomic E-state index is 9.93. The van der Waals surface area contributed by atoms with Crippen LogP contribution in [0.5, 0.6) is 5.75 Å². The molecule has 0 aliphatic heterocycles. The molecule has 0 fully saturated rings. The fourth-order valence-electron chi connectivity index (χ4n) is 1.89. The summed E-state index contributed by atoms with van der Waals surface area (Å²) >= 11 is 0. The van der Waals surface area contributed by atoms with Crippen molar-refractivity contribution in [2.75, 3.05) is 0 Å². The van der Waals surface area contributed by atoms with E-state index in [1.807, 2.05) is 25.1 Å². The molecule has 0 heterocycles. The largest absolute Gasteiger partial charge is 0.508 e. The van der Waals surface area contributed by atoms with Crippen LogP contribution in [0.2, 0.25) is 0 Å². The zero-order chi connectivity index (χ0) is 11.5. The molecule has 0 unspecified atom stereocenters. The fourth-order valence-corrected chi connectivity index (χ4v) is 1.89. The Kier molecular flexibility index (Phi) is 2.95. The number of hydrogen-bond donors (Lipinski definition) is 1. The van der Waals surface area contributed by atoms with Gasteiger partial charge in [0.25, 0.3) is 0 Å². The van der Waals surface area contributed by atoms with Crippen LogP contribution in [-0.4, -0.2) is 5.11 Å². The molecule has 2 aromatic carbocycles. The second kappa shape index (κ2) is 4.40. The molecule has 0 radical (unpaired) electrons. The van der Waals surface area contributed by atoms with Gasteiger partial charge in [-0.1, -0.05) is 42.0 Å². The topological polar surface area (TPSA) is 20.2 Å². The summed E-state index contributed by atoms with van der Waals surface area (Å²) in [4.78, 5) is 0. The van der Waals surface area contributed by atoms with Gasteiger partial charge in [-0.05, 0) is 37.1 Å². The van der Waals surface area contributed by atoms with Crippen LogP contribution in [0.3, 0.4) is 0 Å². The fraction of sp³-hybridized carbons (Fsp3) is 0.200. The molecule has 0 aliphatic rings. The highest BCUT2D eigenvalue weighted by molar-refractivity contribution is 5.87. The van der Waals surface area contributed by atoms with Crippen LogP contribution >= 0.6 is 0 Å². The Balaban J connectivity index is 2.61. The van der Waals surface area contributed by atoms with Gasteiger partial charge in [0.05, 0.1) is 0 Å². The Morgan fingerprint density at radius 2 is 1.94 bits per heavy atom. The molecule has 2 rings (SSSR count). The zero-order valence-electron chi connectivity index (χ0n) is 9.70. The first kappa shape index (κ1) is 10.7. The molecular formula is C15H16O. The van der Waals surface area contributed by atoms with Crippen molar-refractivity contribution in [3.8, 4) is 5.75 Å². The summed E-state index contributed by atoms with van der Waals surface area (Å²) in [5.41, 5.74) is 2.29. The van der Waals surface area contributed by atoms with E-state index in [-0.39, 0.29) is 0 Å². The van der Waals surface area contributed by atoms with E-state index in [9.17, 15) is 5.11 Å². The van der Waals surface area contributed by atoms with Crippen molar-refractivity contribution >= 4 is 10.8 Å². The van der Waals surface area contributed by atoms with Crippen molar-refractivity contribution in [3.63, 3.8) is 0 Å². The smallest absolute Gasteiger partial charge is 0.119 e. The van der Waals surface area contributed by atoms with Gasteiger partial charge in [-0.15, -0.1) is 0 Å². The van der Waals surface area contributed by atoms with Gasteiger partial charge in [0.2, 0.25) is 0 Å². The van der Waals surface area contributed by atoms with Crippen molar-refractivity contribution in [1.82, 2.24) is 0 Å². The Morgan fingerprint density at radius 1 is 1.19 bits per heavy atom. The number of phenols is 1. The third kappa shape index (κ3) is 1.94. The molecule has 0 aromatic heterocycles. The molecule has 0 spiro atoms. The van der Waals surface area contributed by atoms with E-state index >= 15 is 0 Å². The average molecular weight is 212 g/mol. The first-order valence-electron chi connectivity index (χ1n) is 5.53. The molecule has 1 heteroatoms. The summed E-state index contributed by atoms with van der Waals surface area (Å²) in [7, 11) is 0. The van der Waals surface area contributed by atoms with Gasteiger partial charge in [0.15, 0.2) is 0 Å². The average Bonchev–Trinajstić information content (AvgIpc) is 2.32. The highest BCUT2D eigenvalue weighted by atomic mass is 16.3. The Labute approximate surface area is 96.0 Å². The number of benzene rings is 2. The Morgan fingerprint density at radius 3 is 2.69 bits per heavy atom. The molecule has 1 nitrogen and oxygen atoms in total. The lowest BCUT2D eigenvalue weighted by atomic mass is 9.98. The van der Waals surface area contributed by atoms with Crippen molar-refractivity contribution in [3.05, 3.63) is 53.6 Å². The summed E-state index contributed by atoms with van der Waals surface area (Å²) in [6.45, 7) is 4.11. The zero-order valence-corrected chi connectivity index (χ0v) is 9.70. The van der Waals surface area contributed by atoms with Crippen molar-refractivity contribution < 1.29 is 5.11 Å². The van der Waals surface area contributed by atoms with Crippen LogP contribution in [0.1, 0.15) is 19.4 Å². The molecule has 82 valence electrons. The predicted octanol–water partition coefficient (Wildman–Crippen LogP) is 4.05. The maximum absolute atomic E-state index is 9.93. The first-order chi connectivity index (χ1) is 7.72. The van der Waals surface area contributed by atoms with Gasteiger partial charge < -0.3 is 5.11 Å². The van der Waals surface area contributed by atoms with Crippen LogP contribution in [-0.2, 0) is 6.42 Å². The summed E-state index contributed by atoms with van der Waals surface area (Å²) in [5, 5.41) is 12.2. The standard InChI is InChI=1S/C15H16O/c1-3-11(2)10-14-13-7-5-4-6-12(13)8-9-15(14)16/h3-9,16H,10H2,1-2H3/b11-3+. The van der Waals surface area contributed by atoms with Gasteiger partial charge in [-0.25, -0.2) is 0 Å². The summed E-state index contributed by atoms with van der Waals surface area (Å²) in [5.74, 6) is 0.389. The highest BCUT2D eigenvalue weighted by Crippen LogP contribution is 2.28. The van der Waals surface area contributed by atoms with E-state index in [4.69, 9.17) is 0 Å². The van der Waals surface area contributed by atoms with Gasteiger partial charge in [-0.3, -0.25) is 0 Å². The minimum atomic E-state index is 0.389. The van der Waals surface area contributed by atoms with E-state index in [0.717, 1.165) is 17.4 Å². The second-order valence-corrected chi connectivity index (χ2v) is 4.10. The quantitative estimate of drug-likeness (QED) is 0.744. The summed E-state index contributed by atoms with van der Waals surface area (Å²) < 4.78 is 0. The number of phenolic OH excluding ortho intramolecular Hbond substituents is 1. The Hall–Kier alpha value is -1.76. The van der Waals surface area contributed by atoms with Crippen molar-refractivity contribution in [2.45, 2.75) is 20.3 Å². The molecule has 0 saturated carbocycles. The van der Waals surface area contributed by atoms with Crippen molar-refractivity contribution in [1.29, 1.82) is 0 Å². The SMILES string of the molecule is C/C=C(\C)Cc1c(O)ccc2ccccc12. The highest BCUT2D eigenvalue weighted by Gasteiger charge is 2.06. The normalized spacial score (nSPS) is 12.0. The third-order valence-electron chi connectivity index (χ3n) is 2.96. The molecule has 0 saturated heterocycles. The van der Waals surface area contributed by atoms with Crippen LogP contribution in [0, 0.1) is 0 Å². The molecule has 0 atom stereocenters. The minimum absolute atomic E-state index is 0.389.